The summed E-state index contributed by atoms with van der Waals surface area (Å²) in [7, 11) is 1.27. The van der Waals surface area contributed by atoms with Gasteiger partial charge in [0.05, 0.1) is 7.11 Å². The van der Waals surface area contributed by atoms with E-state index in [1.54, 1.807) is 20.8 Å². The first-order valence-electron chi connectivity index (χ1n) is 8.46. The van der Waals surface area contributed by atoms with Gasteiger partial charge in [-0.3, -0.25) is 9.69 Å². The van der Waals surface area contributed by atoms with Crippen LogP contribution in [0.3, 0.4) is 0 Å². The van der Waals surface area contributed by atoms with Crippen molar-refractivity contribution >= 4 is 28.9 Å². The monoisotopic (exact) mass is 379 g/mol. The molecule has 0 saturated carbocycles. The number of hydrogen-bond acceptors (Lipinski definition) is 6. The zero-order valence-electron chi connectivity index (χ0n) is 15.8. The van der Waals surface area contributed by atoms with Gasteiger partial charge in [-0.1, -0.05) is 29.5 Å². The summed E-state index contributed by atoms with van der Waals surface area (Å²) in [6.45, 7) is 7.39. The van der Waals surface area contributed by atoms with Crippen LogP contribution in [-0.2, 0) is 19.1 Å². The van der Waals surface area contributed by atoms with Gasteiger partial charge >= 0.3 is 12.1 Å². The van der Waals surface area contributed by atoms with Crippen LogP contribution in [0, 0.1) is 12.8 Å². The maximum absolute atomic E-state index is 12.6. The van der Waals surface area contributed by atoms with E-state index in [2.05, 4.69) is 0 Å². The highest BCUT2D eigenvalue weighted by Crippen LogP contribution is 2.32. The number of likely N-dealkylation sites (tertiary alicyclic amines) is 1. The highest BCUT2D eigenvalue weighted by atomic mass is 32.2. The first-order chi connectivity index (χ1) is 12.1. The molecule has 0 aromatic heterocycles. The lowest BCUT2D eigenvalue weighted by Crippen LogP contribution is -2.43. The minimum Gasteiger partial charge on any atom is -0.467 e. The summed E-state index contributed by atoms with van der Waals surface area (Å²) in [5.41, 5.74) is 0.431. The second-order valence-electron chi connectivity index (χ2n) is 7.34. The van der Waals surface area contributed by atoms with Crippen molar-refractivity contribution in [3.05, 3.63) is 29.8 Å². The minimum atomic E-state index is -0.803. The second-order valence-corrected chi connectivity index (χ2v) is 8.42. The minimum absolute atomic E-state index is 0.0752. The SMILES string of the molecule is COC(=O)[C@@H]1C[C@@H](C(=O)Sc2ccc(C)cc2)CN1C(=O)OC(C)(C)C. The highest BCUT2D eigenvalue weighted by Gasteiger charge is 2.44. The predicted molar refractivity (Wildman–Crippen MR) is 98.9 cm³/mol. The van der Waals surface area contributed by atoms with E-state index in [1.165, 1.54) is 12.0 Å². The van der Waals surface area contributed by atoms with Gasteiger partial charge < -0.3 is 9.47 Å². The molecule has 0 spiro atoms. The van der Waals surface area contributed by atoms with Gasteiger partial charge in [-0.25, -0.2) is 9.59 Å². The van der Waals surface area contributed by atoms with Gasteiger partial charge in [-0.05, 0) is 46.2 Å². The maximum Gasteiger partial charge on any atom is 0.411 e. The molecule has 1 aliphatic rings. The molecule has 2 atom stereocenters. The van der Waals surface area contributed by atoms with E-state index in [0.29, 0.717) is 0 Å². The van der Waals surface area contributed by atoms with Gasteiger partial charge in [0, 0.05) is 17.4 Å². The Balaban J connectivity index is 2.10. The molecule has 1 fully saturated rings. The van der Waals surface area contributed by atoms with Gasteiger partial charge in [0.2, 0.25) is 0 Å². The maximum atomic E-state index is 12.6. The van der Waals surface area contributed by atoms with E-state index in [-0.39, 0.29) is 18.1 Å². The van der Waals surface area contributed by atoms with Crippen LogP contribution in [-0.4, -0.2) is 47.4 Å². The van der Waals surface area contributed by atoms with Gasteiger partial charge in [-0.15, -0.1) is 0 Å². The average Bonchev–Trinajstić information content (AvgIpc) is 3.00. The Kier molecular flexibility index (Phi) is 6.34. The summed E-state index contributed by atoms with van der Waals surface area (Å²) < 4.78 is 10.2. The van der Waals surface area contributed by atoms with Crippen molar-refractivity contribution in [3.63, 3.8) is 0 Å². The lowest BCUT2D eigenvalue weighted by molar-refractivity contribution is -0.145. The van der Waals surface area contributed by atoms with Crippen molar-refractivity contribution in [2.45, 2.75) is 50.7 Å². The molecule has 0 bridgehead atoms. The zero-order valence-corrected chi connectivity index (χ0v) is 16.6. The predicted octanol–water partition coefficient (Wildman–Crippen LogP) is 3.41. The Morgan fingerprint density at radius 2 is 1.77 bits per heavy atom. The number of aryl methyl sites for hydroxylation is 1. The fourth-order valence-corrected chi connectivity index (χ4v) is 3.54. The molecule has 1 aromatic carbocycles. The summed E-state index contributed by atoms with van der Waals surface area (Å²) in [5, 5.41) is -0.0752. The standard InChI is InChI=1S/C19H25NO5S/c1-12-6-8-14(9-7-12)26-17(22)13-10-15(16(21)24-5)20(11-13)18(23)25-19(2,3)4/h6-9,13,15H,10-11H2,1-5H3/t13-,15+/m1/s1. The summed E-state index contributed by atoms with van der Waals surface area (Å²) >= 11 is 1.13. The van der Waals surface area contributed by atoms with Crippen molar-refractivity contribution in [1.82, 2.24) is 4.90 Å². The molecule has 1 aromatic rings. The largest absolute Gasteiger partial charge is 0.467 e. The van der Waals surface area contributed by atoms with Crippen molar-refractivity contribution in [2.75, 3.05) is 13.7 Å². The first-order valence-corrected chi connectivity index (χ1v) is 9.28. The fraction of sp³-hybridized carbons (Fsp3) is 0.526. The number of thioether (sulfide) groups is 1. The lowest BCUT2D eigenvalue weighted by Gasteiger charge is -2.27. The first kappa shape index (κ1) is 20.3. The second kappa shape index (κ2) is 8.12. The molecule has 1 saturated heterocycles. The van der Waals surface area contributed by atoms with E-state index in [4.69, 9.17) is 9.47 Å². The van der Waals surface area contributed by atoms with E-state index >= 15 is 0 Å². The molecule has 0 aliphatic carbocycles. The third-order valence-corrected chi connectivity index (χ3v) is 5.02. The number of benzene rings is 1. The van der Waals surface area contributed by atoms with Crippen LogP contribution in [0.5, 0.6) is 0 Å². The third kappa shape index (κ3) is 5.24. The van der Waals surface area contributed by atoms with E-state index in [9.17, 15) is 14.4 Å². The number of carbonyl (C=O) groups is 3. The Labute approximate surface area is 158 Å². The normalized spacial score (nSPS) is 20.0. The number of rotatable bonds is 3. The van der Waals surface area contributed by atoms with Crippen molar-refractivity contribution in [3.8, 4) is 0 Å². The Morgan fingerprint density at radius 3 is 2.31 bits per heavy atom. The molecule has 1 amide bonds. The number of amides is 1. The van der Waals surface area contributed by atoms with Crippen LogP contribution < -0.4 is 0 Å². The molecule has 142 valence electrons. The molecule has 26 heavy (non-hydrogen) atoms. The number of hydrogen-bond donors (Lipinski definition) is 0. The van der Waals surface area contributed by atoms with Gasteiger partial charge in [0.15, 0.2) is 5.12 Å². The molecular formula is C19H25NO5S. The van der Waals surface area contributed by atoms with Gasteiger partial charge in [0.25, 0.3) is 0 Å². The summed E-state index contributed by atoms with van der Waals surface area (Å²) in [4.78, 5) is 39.3. The molecule has 6 nitrogen and oxygen atoms in total. The van der Waals surface area contributed by atoms with Crippen LogP contribution in [0.25, 0.3) is 0 Å². The Morgan fingerprint density at radius 1 is 1.15 bits per heavy atom. The van der Waals surface area contributed by atoms with Crippen molar-refractivity contribution < 1.29 is 23.9 Å². The smallest absolute Gasteiger partial charge is 0.411 e. The molecule has 1 heterocycles. The summed E-state index contributed by atoms with van der Waals surface area (Å²) in [6, 6.07) is 6.85. The average molecular weight is 379 g/mol. The Bertz CT molecular complexity index is 680. The van der Waals surface area contributed by atoms with Gasteiger partial charge in [0.1, 0.15) is 11.6 Å². The number of methoxy groups -OCH3 is 1. The van der Waals surface area contributed by atoms with Crippen molar-refractivity contribution in [2.24, 2.45) is 5.92 Å². The van der Waals surface area contributed by atoms with E-state index < -0.39 is 29.6 Å². The van der Waals surface area contributed by atoms with Crippen LogP contribution in [0.1, 0.15) is 32.8 Å². The third-order valence-electron chi connectivity index (χ3n) is 3.98. The zero-order chi connectivity index (χ0) is 19.5. The molecule has 0 N–H and O–H groups in total. The Hall–Kier alpha value is -2.02. The number of ether oxygens (including phenoxy) is 2. The molecule has 7 heteroatoms. The van der Waals surface area contributed by atoms with Crippen LogP contribution in [0.2, 0.25) is 0 Å². The molecule has 0 unspecified atom stereocenters. The van der Waals surface area contributed by atoms with Crippen molar-refractivity contribution in [1.29, 1.82) is 0 Å². The lowest BCUT2D eigenvalue weighted by atomic mass is 10.1. The number of carbonyl (C=O) groups excluding carboxylic acids is 3. The molecule has 1 aliphatic heterocycles. The fourth-order valence-electron chi connectivity index (χ4n) is 2.69. The van der Waals surface area contributed by atoms with Crippen LogP contribution >= 0.6 is 11.8 Å². The molecule has 0 radical (unpaired) electrons. The topological polar surface area (TPSA) is 72.9 Å². The van der Waals surface area contributed by atoms with Crippen LogP contribution in [0.15, 0.2) is 29.2 Å². The van der Waals surface area contributed by atoms with E-state index in [1.807, 2.05) is 31.2 Å². The van der Waals surface area contributed by atoms with E-state index in [0.717, 1.165) is 22.2 Å². The van der Waals surface area contributed by atoms with Gasteiger partial charge in [-0.2, -0.15) is 0 Å². The quantitative estimate of drug-likeness (QED) is 0.592. The number of nitrogens with zero attached hydrogens (tertiary/aromatic N) is 1. The van der Waals surface area contributed by atoms with Crippen LogP contribution in [0.4, 0.5) is 4.79 Å². The summed E-state index contributed by atoms with van der Waals surface area (Å²) in [5.74, 6) is -0.982. The molecule has 2 rings (SSSR count). The number of esters is 1. The molecular weight excluding hydrogens is 354 g/mol. The summed E-state index contributed by atoms with van der Waals surface area (Å²) in [6.07, 6.45) is -0.368. The highest BCUT2D eigenvalue weighted by molar-refractivity contribution is 8.13.